The van der Waals surface area contributed by atoms with Crippen LogP contribution in [0, 0.1) is 0 Å². The second-order valence-electron chi connectivity index (χ2n) is 3.60. The Morgan fingerprint density at radius 2 is 2.05 bits per heavy atom. The number of nitrogens with zero attached hydrogens (tertiary/aromatic N) is 1. The molecule has 0 radical (unpaired) electrons. The quantitative estimate of drug-likeness (QED) is 0.815. The van der Waals surface area contributed by atoms with Gasteiger partial charge >= 0.3 is 0 Å². The second kappa shape index (κ2) is 5.26. The van der Waals surface area contributed by atoms with Crippen LogP contribution < -0.4 is 4.74 Å². The molecule has 1 heterocycles. The van der Waals surface area contributed by atoms with Crippen molar-refractivity contribution in [1.29, 1.82) is 0 Å². The van der Waals surface area contributed by atoms with Crippen molar-refractivity contribution in [3.05, 3.63) is 30.5 Å². The minimum atomic E-state index is -3.95. The molecule has 0 spiro atoms. The van der Waals surface area contributed by atoms with Crippen molar-refractivity contribution in [2.45, 2.75) is 11.3 Å². The Hall–Kier alpha value is -1.47. The van der Waals surface area contributed by atoms with Gasteiger partial charge in [-0.2, -0.15) is 0 Å². The summed E-state index contributed by atoms with van der Waals surface area (Å²) in [7, 11) is 1.35. The van der Waals surface area contributed by atoms with Crippen molar-refractivity contribution in [2.24, 2.45) is 0 Å². The van der Waals surface area contributed by atoms with Crippen LogP contribution in [-0.2, 0) is 9.05 Å². The van der Waals surface area contributed by atoms with Crippen LogP contribution in [-0.4, -0.2) is 26.4 Å². The van der Waals surface area contributed by atoms with E-state index >= 15 is 0 Å². The molecule has 0 amide bonds. The molecule has 0 N–H and O–H groups in total. The lowest BCUT2D eigenvalue weighted by Gasteiger charge is -2.10. The average molecular weight is 308 g/mol. The van der Waals surface area contributed by atoms with Gasteiger partial charge in [-0.25, -0.2) is 17.2 Å². The maximum Gasteiger partial charge on any atom is 0.272 e. The summed E-state index contributed by atoms with van der Waals surface area (Å²) >= 11 is 0. The van der Waals surface area contributed by atoms with E-state index in [1.165, 1.54) is 30.5 Å². The van der Waals surface area contributed by atoms with E-state index in [1.807, 2.05) is 0 Å². The summed E-state index contributed by atoms with van der Waals surface area (Å²) in [6, 6.07) is 5.46. The zero-order valence-electron chi connectivity index (χ0n) is 9.39. The van der Waals surface area contributed by atoms with Crippen LogP contribution in [0.5, 0.6) is 5.75 Å². The molecule has 1 aromatic carbocycles. The summed E-state index contributed by atoms with van der Waals surface area (Å²) < 4.78 is 52.0. The number of alkyl halides is 2. The Morgan fingerprint density at radius 3 is 2.68 bits per heavy atom. The van der Waals surface area contributed by atoms with E-state index in [4.69, 9.17) is 15.4 Å². The molecule has 0 aliphatic carbocycles. The predicted octanol–water partition coefficient (Wildman–Crippen LogP) is 2.81. The first-order valence-electron chi connectivity index (χ1n) is 5.13. The molecule has 2 aromatic rings. The summed E-state index contributed by atoms with van der Waals surface area (Å²) in [4.78, 5) is 3.80. The van der Waals surface area contributed by atoms with Gasteiger partial charge in [0.25, 0.3) is 15.5 Å². The fraction of sp³-hybridized carbons (Fsp3) is 0.182. The Morgan fingerprint density at radius 1 is 1.32 bits per heavy atom. The summed E-state index contributed by atoms with van der Waals surface area (Å²) in [6.45, 7) is -0.793. The van der Waals surface area contributed by atoms with E-state index < -0.39 is 22.1 Å². The molecule has 4 nitrogen and oxygen atoms in total. The lowest BCUT2D eigenvalue weighted by molar-refractivity contribution is 0.0825. The van der Waals surface area contributed by atoms with Crippen molar-refractivity contribution in [1.82, 2.24) is 4.98 Å². The van der Waals surface area contributed by atoms with E-state index in [2.05, 4.69) is 4.98 Å². The molecule has 102 valence electrons. The molecular weight excluding hydrogens is 300 g/mol. The number of halogens is 3. The topological polar surface area (TPSA) is 56.3 Å². The standard InChI is InChI=1S/C11H8ClF2NO3S/c12-19(16,17)9-4-3-8(18-6-10(13)14)11-7(9)2-1-5-15-11/h1-5,10H,6H2. The zero-order chi connectivity index (χ0) is 14.0. The van der Waals surface area contributed by atoms with E-state index in [1.54, 1.807) is 0 Å². The minimum Gasteiger partial charge on any atom is -0.485 e. The number of hydrogen-bond acceptors (Lipinski definition) is 4. The van der Waals surface area contributed by atoms with Gasteiger partial charge in [0.2, 0.25) is 0 Å². The number of hydrogen-bond donors (Lipinski definition) is 0. The van der Waals surface area contributed by atoms with Crippen LogP contribution >= 0.6 is 10.7 Å². The van der Waals surface area contributed by atoms with Gasteiger partial charge in [0, 0.05) is 22.3 Å². The van der Waals surface area contributed by atoms with Gasteiger partial charge in [0.15, 0.2) is 0 Å². The van der Waals surface area contributed by atoms with Crippen LogP contribution in [0.3, 0.4) is 0 Å². The maximum atomic E-state index is 12.1. The van der Waals surface area contributed by atoms with Crippen LogP contribution in [0.1, 0.15) is 0 Å². The highest BCUT2D eigenvalue weighted by molar-refractivity contribution is 8.14. The molecule has 19 heavy (non-hydrogen) atoms. The predicted molar refractivity (Wildman–Crippen MR) is 66.3 cm³/mol. The van der Waals surface area contributed by atoms with Crippen molar-refractivity contribution in [2.75, 3.05) is 6.61 Å². The zero-order valence-corrected chi connectivity index (χ0v) is 11.0. The normalized spacial score (nSPS) is 12.0. The van der Waals surface area contributed by atoms with Crippen LogP contribution in [0.2, 0.25) is 0 Å². The molecule has 0 aliphatic heterocycles. The van der Waals surface area contributed by atoms with Gasteiger partial charge in [0.1, 0.15) is 17.9 Å². The Labute approximate surface area is 112 Å². The average Bonchev–Trinajstić information content (AvgIpc) is 2.34. The summed E-state index contributed by atoms with van der Waals surface area (Å²) in [5.74, 6) is 0.0833. The second-order valence-corrected chi connectivity index (χ2v) is 6.14. The highest BCUT2D eigenvalue weighted by Gasteiger charge is 2.17. The van der Waals surface area contributed by atoms with Crippen LogP contribution in [0.25, 0.3) is 10.9 Å². The molecule has 1 aromatic heterocycles. The third-order valence-electron chi connectivity index (χ3n) is 2.32. The minimum absolute atomic E-state index is 0.0833. The highest BCUT2D eigenvalue weighted by atomic mass is 35.7. The van der Waals surface area contributed by atoms with Crippen molar-refractivity contribution >= 4 is 30.6 Å². The Kier molecular flexibility index (Phi) is 3.86. The number of benzene rings is 1. The molecule has 0 unspecified atom stereocenters. The first-order valence-corrected chi connectivity index (χ1v) is 7.44. The summed E-state index contributed by atoms with van der Waals surface area (Å²) in [5.41, 5.74) is 0.171. The fourth-order valence-electron chi connectivity index (χ4n) is 1.60. The molecular formula is C11H8ClF2NO3S. The van der Waals surface area contributed by atoms with Gasteiger partial charge in [0.05, 0.1) is 4.90 Å². The van der Waals surface area contributed by atoms with Crippen molar-refractivity contribution in [3.63, 3.8) is 0 Å². The molecule has 0 fully saturated rings. The van der Waals surface area contributed by atoms with E-state index in [-0.39, 0.29) is 21.5 Å². The van der Waals surface area contributed by atoms with E-state index in [0.29, 0.717) is 0 Å². The first-order chi connectivity index (χ1) is 8.89. The summed E-state index contributed by atoms with van der Waals surface area (Å²) in [6.07, 6.45) is -1.22. The van der Waals surface area contributed by atoms with Crippen LogP contribution in [0.15, 0.2) is 35.4 Å². The lowest BCUT2D eigenvalue weighted by atomic mass is 10.2. The lowest BCUT2D eigenvalue weighted by Crippen LogP contribution is -2.08. The third kappa shape index (κ3) is 3.10. The van der Waals surface area contributed by atoms with Gasteiger partial charge in [-0.05, 0) is 24.3 Å². The number of aromatic nitrogens is 1. The smallest absolute Gasteiger partial charge is 0.272 e. The largest absolute Gasteiger partial charge is 0.485 e. The van der Waals surface area contributed by atoms with Gasteiger partial charge in [-0.15, -0.1) is 0 Å². The van der Waals surface area contributed by atoms with E-state index in [0.717, 1.165) is 0 Å². The van der Waals surface area contributed by atoms with Gasteiger partial charge < -0.3 is 4.74 Å². The van der Waals surface area contributed by atoms with Gasteiger partial charge in [-0.1, -0.05) is 0 Å². The Bertz CT molecular complexity index is 706. The summed E-state index contributed by atoms with van der Waals surface area (Å²) in [5, 5.41) is 0.226. The van der Waals surface area contributed by atoms with Crippen molar-refractivity contribution in [3.8, 4) is 5.75 Å². The molecule has 8 heteroatoms. The van der Waals surface area contributed by atoms with E-state index in [9.17, 15) is 17.2 Å². The number of fused-ring (bicyclic) bond motifs is 1. The molecule has 0 aliphatic rings. The Balaban J connectivity index is 2.59. The molecule has 0 bridgehead atoms. The first kappa shape index (κ1) is 14.0. The molecule has 0 saturated heterocycles. The van der Waals surface area contributed by atoms with Crippen LogP contribution in [0.4, 0.5) is 8.78 Å². The highest BCUT2D eigenvalue weighted by Crippen LogP contribution is 2.31. The van der Waals surface area contributed by atoms with Crippen molar-refractivity contribution < 1.29 is 21.9 Å². The van der Waals surface area contributed by atoms with Gasteiger partial charge in [-0.3, -0.25) is 4.98 Å². The SMILES string of the molecule is O=S(=O)(Cl)c1ccc(OCC(F)F)c2ncccc12. The number of ether oxygens (including phenoxy) is 1. The number of pyridine rings is 1. The third-order valence-corrected chi connectivity index (χ3v) is 3.70. The monoisotopic (exact) mass is 307 g/mol. The molecule has 0 saturated carbocycles. The fourth-order valence-corrected chi connectivity index (χ4v) is 2.66. The molecule has 2 rings (SSSR count). The maximum absolute atomic E-state index is 12.1. The number of rotatable bonds is 4. The molecule has 0 atom stereocenters.